The highest BCUT2D eigenvalue weighted by Crippen LogP contribution is 2.28. The Labute approximate surface area is 143 Å². The van der Waals surface area contributed by atoms with Gasteiger partial charge in [0.05, 0.1) is 11.5 Å². The predicted octanol–water partition coefficient (Wildman–Crippen LogP) is -0.774. The lowest BCUT2D eigenvalue weighted by Crippen LogP contribution is -2.65. The van der Waals surface area contributed by atoms with Crippen LogP contribution in [0.2, 0.25) is 0 Å². The van der Waals surface area contributed by atoms with Crippen LogP contribution in [0.4, 0.5) is 5.69 Å². The zero-order valence-electron chi connectivity index (χ0n) is 13.7. The summed E-state index contributed by atoms with van der Waals surface area (Å²) in [6, 6.07) is 2.82. The van der Waals surface area contributed by atoms with Gasteiger partial charge in [0.1, 0.15) is 30.1 Å². The second kappa shape index (κ2) is 7.74. The Morgan fingerprint density at radius 3 is 2.60 bits per heavy atom. The maximum absolute atomic E-state index is 11.4. The second-order valence-electron chi connectivity index (χ2n) is 5.76. The lowest BCUT2D eigenvalue weighted by atomic mass is 9.97. The number of aliphatic hydroxyl groups excluding tert-OH is 3. The summed E-state index contributed by atoms with van der Waals surface area (Å²) >= 11 is 0. The molecule has 1 aromatic carbocycles. The summed E-state index contributed by atoms with van der Waals surface area (Å²) < 4.78 is 11.1. The molecule has 1 aliphatic rings. The van der Waals surface area contributed by atoms with Crippen LogP contribution in [0.1, 0.15) is 12.5 Å². The highest BCUT2D eigenvalue weighted by molar-refractivity contribution is 5.73. The van der Waals surface area contributed by atoms with Crippen LogP contribution in [-0.2, 0) is 9.53 Å². The van der Waals surface area contributed by atoms with Gasteiger partial charge in [0.15, 0.2) is 0 Å². The Morgan fingerprint density at radius 2 is 2.08 bits per heavy atom. The molecule has 2 rings (SSSR count). The van der Waals surface area contributed by atoms with Crippen molar-refractivity contribution in [3.05, 3.63) is 33.9 Å². The molecule has 0 aliphatic carbocycles. The largest absolute Gasteiger partial charge is 0.462 e. The first-order chi connectivity index (χ1) is 11.7. The molecule has 0 bridgehead atoms. The van der Waals surface area contributed by atoms with Gasteiger partial charge in [-0.05, 0) is 18.6 Å². The average Bonchev–Trinajstić information content (AvgIpc) is 2.55. The number of amides is 1. The summed E-state index contributed by atoms with van der Waals surface area (Å²) in [7, 11) is 0. The molecule has 1 fully saturated rings. The Morgan fingerprint density at radius 1 is 1.40 bits per heavy atom. The molecule has 1 aliphatic heterocycles. The maximum Gasteiger partial charge on any atom is 0.269 e. The summed E-state index contributed by atoms with van der Waals surface area (Å²) in [5, 5.41) is 42.6. The normalized spacial score (nSPS) is 29.1. The lowest BCUT2D eigenvalue weighted by molar-refractivity contribution is -0.384. The number of aryl methyl sites for hydroxylation is 1. The monoisotopic (exact) mass is 356 g/mol. The highest BCUT2D eigenvalue weighted by Gasteiger charge is 2.46. The fourth-order valence-corrected chi connectivity index (χ4v) is 2.58. The van der Waals surface area contributed by atoms with Gasteiger partial charge in [0, 0.05) is 19.1 Å². The topological polar surface area (TPSA) is 151 Å². The van der Waals surface area contributed by atoms with E-state index < -0.39 is 48.1 Å². The Kier molecular flexibility index (Phi) is 5.90. The first-order valence-electron chi connectivity index (χ1n) is 7.56. The van der Waals surface area contributed by atoms with Crippen LogP contribution in [0, 0.1) is 17.0 Å². The first kappa shape index (κ1) is 19.1. The van der Waals surface area contributed by atoms with Gasteiger partial charge in [0.25, 0.3) is 5.69 Å². The fourth-order valence-electron chi connectivity index (χ4n) is 2.58. The van der Waals surface area contributed by atoms with Crippen LogP contribution < -0.4 is 10.1 Å². The molecule has 0 saturated carbocycles. The molecule has 0 radical (unpaired) electrons. The lowest BCUT2D eigenvalue weighted by Gasteiger charge is -2.42. The fraction of sp³-hybridized carbons (Fsp3) is 0.533. The van der Waals surface area contributed by atoms with Gasteiger partial charge in [-0.25, -0.2) is 0 Å². The van der Waals surface area contributed by atoms with Crippen molar-refractivity contribution in [1.29, 1.82) is 0 Å². The predicted molar refractivity (Wildman–Crippen MR) is 83.8 cm³/mol. The number of hydrogen-bond acceptors (Lipinski definition) is 8. The Hall–Kier alpha value is -2.27. The van der Waals surface area contributed by atoms with Crippen LogP contribution in [0.5, 0.6) is 5.75 Å². The molecule has 10 nitrogen and oxygen atoms in total. The summed E-state index contributed by atoms with van der Waals surface area (Å²) in [6.07, 6.45) is -5.17. The van der Waals surface area contributed by atoms with Crippen molar-refractivity contribution in [1.82, 2.24) is 5.32 Å². The van der Waals surface area contributed by atoms with Crippen LogP contribution >= 0.6 is 0 Å². The molecule has 1 heterocycles. The number of nitrogens with one attached hydrogen (secondary N) is 1. The van der Waals surface area contributed by atoms with E-state index in [0.29, 0.717) is 5.56 Å². The van der Waals surface area contributed by atoms with E-state index >= 15 is 0 Å². The van der Waals surface area contributed by atoms with E-state index in [0.717, 1.165) is 0 Å². The minimum atomic E-state index is -1.43. The van der Waals surface area contributed by atoms with Gasteiger partial charge in [-0.1, -0.05) is 0 Å². The molecule has 4 N–H and O–H groups in total. The molecule has 1 saturated heterocycles. The number of ether oxygens (including phenoxy) is 2. The molecule has 138 valence electrons. The van der Waals surface area contributed by atoms with Gasteiger partial charge >= 0.3 is 0 Å². The van der Waals surface area contributed by atoms with E-state index in [2.05, 4.69) is 5.32 Å². The maximum atomic E-state index is 11.4. The number of benzene rings is 1. The summed E-state index contributed by atoms with van der Waals surface area (Å²) in [5.41, 5.74) is 0.331. The van der Waals surface area contributed by atoms with E-state index in [-0.39, 0.29) is 11.4 Å². The number of nitro groups is 1. The van der Waals surface area contributed by atoms with Crippen LogP contribution in [0.3, 0.4) is 0 Å². The van der Waals surface area contributed by atoms with Crippen molar-refractivity contribution >= 4 is 11.6 Å². The van der Waals surface area contributed by atoms with Crippen molar-refractivity contribution in [3.63, 3.8) is 0 Å². The van der Waals surface area contributed by atoms with Crippen molar-refractivity contribution in [2.75, 3.05) is 6.61 Å². The van der Waals surface area contributed by atoms with Crippen LogP contribution in [0.25, 0.3) is 0 Å². The third-order valence-electron chi connectivity index (χ3n) is 3.86. The molecular formula is C15H20N2O8. The summed E-state index contributed by atoms with van der Waals surface area (Å²) in [4.78, 5) is 21.6. The Bertz CT molecular complexity index is 652. The van der Waals surface area contributed by atoms with E-state index in [9.17, 15) is 30.2 Å². The quantitative estimate of drug-likeness (QED) is 0.396. The van der Waals surface area contributed by atoms with Gasteiger partial charge in [-0.3, -0.25) is 14.9 Å². The van der Waals surface area contributed by atoms with Crippen LogP contribution in [0.15, 0.2) is 18.2 Å². The van der Waals surface area contributed by atoms with E-state index in [1.165, 1.54) is 25.1 Å². The third-order valence-corrected chi connectivity index (χ3v) is 3.86. The number of carbonyl (C=O) groups is 1. The van der Waals surface area contributed by atoms with E-state index in [4.69, 9.17) is 9.47 Å². The summed E-state index contributed by atoms with van der Waals surface area (Å²) in [6.45, 7) is 2.25. The number of carbonyl (C=O) groups excluding carboxylic acids is 1. The van der Waals surface area contributed by atoms with E-state index in [1.807, 2.05) is 0 Å². The molecular weight excluding hydrogens is 336 g/mol. The number of rotatable bonds is 5. The number of nitro benzene ring substituents is 1. The molecule has 0 unspecified atom stereocenters. The molecule has 5 atom stereocenters. The van der Waals surface area contributed by atoms with Gasteiger partial charge in [-0.15, -0.1) is 0 Å². The minimum absolute atomic E-state index is 0.114. The number of nitrogens with zero attached hydrogens (tertiary/aromatic N) is 1. The Balaban J connectivity index is 2.26. The standard InChI is InChI=1S/C15H20N2O8/c1-7-5-9(17(22)23)3-4-10(7)24-15-12(16-8(2)19)14(21)13(20)11(6-18)25-15/h3-5,11-15,18,20-21H,6H2,1-2H3,(H,16,19)/t11-,12-,13-,14-,15-/m1/s1. The molecule has 0 spiro atoms. The number of aliphatic hydroxyl groups is 3. The van der Waals surface area contributed by atoms with Crippen molar-refractivity contribution in [2.45, 2.75) is 44.5 Å². The average molecular weight is 356 g/mol. The van der Waals surface area contributed by atoms with Gasteiger partial charge in [0.2, 0.25) is 12.2 Å². The molecule has 1 aromatic rings. The second-order valence-corrected chi connectivity index (χ2v) is 5.76. The smallest absolute Gasteiger partial charge is 0.269 e. The van der Waals surface area contributed by atoms with Crippen molar-refractivity contribution in [2.24, 2.45) is 0 Å². The third kappa shape index (κ3) is 4.23. The zero-order valence-corrected chi connectivity index (χ0v) is 13.7. The first-order valence-corrected chi connectivity index (χ1v) is 7.56. The van der Waals surface area contributed by atoms with Crippen molar-refractivity contribution in [3.8, 4) is 5.75 Å². The zero-order chi connectivity index (χ0) is 18.7. The molecule has 10 heteroatoms. The molecule has 0 aromatic heterocycles. The van der Waals surface area contributed by atoms with Crippen LogP contribution in [-0.4, -0.2) is 63.4 Å². The van der Waals surface area contributed by atoms with Crippen molar-refractivity contribution < 1.29 is 34.5 Å². The number of non-ortho nitro benzene ring substituents is 1. The van der Waals surface area contributed by atoms with Gasteiger partial charge < -0.3 is 30.1 Å². The van der Waals surface area contributed by atoms with Gasteiger partial charge in [-0.2, -0.15) is 0 Å². The number of hydrogen-bond donors (Lipinski definition) is 4. The SMILES string of the molecule is CC(=O)N[C@H]1[C@H](Oc2ccc([N+](=O)[O-])cc2C)O[C@H](CO)[C@@H](O)[C@@H]1O. The highest BCUT2D eigenvalue weighted by atomic mass is 16.7. The summed E-state index contributed by atoms with van der Waals surface area (Å²) in [5.74, 6) is -0.234. The minimum Gasteiger partial charge on any atom is -0.462 e. The molecule has 1 amide bonds. The molecule has 25 heavy (non-hydrogen) atoms. The van der Waals surface area contributed by atoms with E-state index in [1.54, 1.807) is 6.92 Å².